The molecule has 2 fully saturated rings. The van der Waals surface area contributed by atoms with E-state index in [0.29, 0.717) is 12.1 Å². The third-order valence-corrected chi connectivity index (χ3v) is 3.62. The van der Waals surface area contributed by atoms with Gasteiger partial charge in [0.15, 0.2) is 0 Å². The first-order valence-corrected chi connectivity index (χ1v) is 6.82. The standard InChI is InChI=1S/C12H21N5O/c1-9-8-17(5-4-13-9)12-14-11(15-16-12)7-10-3-2-6-18-10/h9-10,13H,2-8H2,1H3,(H,14,15,16)/t9-,10?/m1/s1. The molecule has 2 aliphatic rings. The maximum atomic E-state index is 5.62. The summed E-state index contributed by atoms with van der Waals surface area (Å²) in [5.41, 5.74) is 0. The second-order valence-electron chi connectivity index (χ2n) is 5.22. The quantitative estimate of drug-likeness (QED) is 0.810. The van der Waals surface area contributed by atoms with Crippen LogP contribution in [0.1, 0.15) is 25.6 Å². The number of anilines is 1. The van der Waals surface area contributed by atoms with Crippen LogP contribution in [0.5, 0.6) is 0 Å². The molecular formula is C12H21N5O. The van der Waals surface area contributed by atoms with Crippen LogP contribution in [0, 0.1) is 0 Å². The maximum Gasteiger partial charge on any atom is 0.244 e. The zero-order valence-corrected chi connectivity index (χ0v) is 10.9. The van der Waals surface area contributed by atoms with E-state index in [2.05, 4.69) is 32.3 Å². The third kappa shape index (κ3) is 2.64. The van der Waals surface area contributed by atoms with Gasteiger partial charge in [-0.2, -0.15) is 4.98 Å². The molecule has 2 saturated heterocycles. The third-order valence-electron chi connectivity index (χ3n) is 3.62. The number of hydrogen-bond donors (Lipinski definition) is 2. The van der Waals surface area contributed by atoms with Crippen molar-refractivity contribution in [2.24, 2.45) is 0 Å². The molecule has 2 atom stereocenters. The van der Waals surface area contributed by atoms with Crippen LogP contribution in [0.4, 0.5) is 5.95 Å². The van der Waals surface area contributed by atoms with Crippen molar-refractivity contribution < 1.29 is 4.74 Å². The van der Waals surface area contributed by atoms with Gasteiger partial charge in [0.25, 0.3) is 0 Å². The molecule has 0 aromatic carbocycles. The Labute approximate surface area is 107 Å². The fourth-order valence-electron chi connectivity index (χ4n) is 2.65. The van der Waals surface area contributed by atoms with Crippen molar-refractivity contribution in [1.29, 1.82) is 0 Å². The van der Waals surface area contributed by atoms with Gasteiger partial charge < -0.3 is 15.0 Å². The normalized spacial score (nSPS) is 28.8. The topological polar surface area (TPSA) is 66.1 Å². The van der Waals surface area contributed by atoms with Crippen molar-refractivity contribution in [2.75, 3.05) is 31.1 Å². The number of rotatable bonds is 3. The first kappa shape index (κ1) is 11.9. The molecule has 1 aromatic rings. The highest BCUT2D eigenvalue weighted by Gasteiger charge is 2.21. The number of aromatic nitrogens is 3. The fourth-order valence-corrected chi connectivity index (χ4v) is 2.65. The predicted octanol–water partition coefficient (Wildman–Crippen LogP) is 0.324. The molecule has 100 valence electrons. The SMILES string of the molecule is C[C@@H]1CN(c2n[nH]c(CC3CCCO3)n2)CCN1. The van der Waals surface area contributed by atoms with Gasteiger partial charge in [-0.3, -0.25) is 5.10 Å². The van der Waals surface area contributed by atoms with Crippen LogP contribution in [0.25, 0.3) is 0 Å². The molecule has 0 radical (unpaired) electrons. The maximum absolute atomic E-state index is 5.62. The van der Waals surface area contributed by atoms with Crippen molar-refractivity contribution in [3.05, 3.63) is 5.82 Å². The Morgan fingerprint density at radius 1 is 1.50 bits per heavy atom. The monoisotopic (exact) mass is 251 g/mol. The van der Waals surface area contributed by atoms with Crippen LogP contribution in [0.2, 0.25) is 0 Å². The summed E-state index contributed by atoms with van der Waals surface area (Å²) in [5, 5.41) is 10.8. The highest BCUT2D eigenvalue weighted by Crippen LogP contribution is 2.17. The second-order valence-corrected chi connectivity index (χ2v) is 5.22. The average molecular weight is 251 g/mol. The largest absolute Gasteiger partial charge is 0.378 e. The van der Waals surface area contributed by atoms with E-state index in [0.717, 1.165) is 50.9 Å². The molecule has 1 unspecified atom stereocenters. The van der Waals surface area contributed by atoms with E-state index in [1.807, 2.05) is 0 Å². The first-order chi connectivity index (χ1) is 8.81. The Hall–Kier alpha value is -1.14. The van der Waals surface area contributed by atoms with Crippen LogP contribution in [0.15, 0.2) is 0 Å². The summed E-state index contributed by atoms with van der Waals surface area (Å²) >= 11 is 0. The molecule has 18 heavy (non-hydrogen) atoms. The lowest BCUT2D eigenvalue weighted by atomic mass is 10.2. The van der Waals surface area contributed by atoms with Crippen molar-refractivity contribution in [1.82, 2.24) is 20.5 Å². The molecule has 1 aromatic heterocycles. The molecule has 3 heterocycles. The van der Waals surface area contributed by atoms with Gasteiger partial charge in [0.1, 0.15) is 5.82 Å². The Balaban J connectivity index is 1.61. The number of aromatic amines is 1. The Morgan fingerprint density at radius 3 is 3.22 bits per heavy atom. The predicted molar refractivity (Wildman–Crippen MR) is 68.7 cm³/mol. The minimum absolute atomic E-state index is 0.327. The van der Waals surface area contributed by atoms with Gasteiger partial charge in [0.2, 0.25) is 5.95 Å². The Bertz CT molecular complexity index is 388. The second kappa shape index (κ2) is 5.24. The van der Waals surface area contributed by atoms with Crippen molar-refractivity contribution in [3.8, 4) is 0 Å². The lowest BCUT2D eigenvalue weighted by molar-refractivity contribution is 0.110. The number of nitrogens with one attached hydrogen (secondary N) is 2. The summed E-state index contributed by atoms with van der Waals surface area (Å²) in [6, 6.07) is 0.499. The minimum Gasteiger partial charge on any atom is -0.378 e. The summed E-state index contributed by atoms with van der Waals surface area (Å²) in [7, 11) is 0. The molecule has 0 bridgehead atoms. The van der Waals surface area contributed by atoms with Crippen LogP contribution in [0.3, 0.4) is 0 Å². The van der Waals surface area contributed by atoms with E-state index in [9.17, 15) is 0 Å². The number of H-pyrrole nitrogens is 1. The Morgan fingerprint density at radius 2 is 2.44 bits per heavy atom. The summed E-state index contributed by atoms with van der Waals surface area (Å²) < 4.78 is 5.62. The van der Waals surface area contributed by atoms with E-state index in [4.69, 9.17) is 4.74 Å². The van der Waals surface area contributed by atoms with Crippen molar-refractivity contribution in [3.63, 3.8) is 0 Å². The van der Waals surface area contributed by atoms with Crippen LogP contribution < -0.4 is 10.2 Å². The van der Waals surface area contributed by atoms with E-state index in [1.165, 1.54) is 6.42 Å². The van der Waals surface area contributed by atoms with Crippen LogP contribution in [-0.2, 0) is 11.2 Å². The molecule has 6 heteroatoms. The first-order valence-electron chi connectivity index (χ1n) is 6.82. The smallest absolute Gasteiger partial charge is 0.244 e. The molecule has 0 saturated carbocycles. The summed E-state index contributed by atoms with van der Waals surface area (Å²) in [5.74, 6) is 1.78. The summed E-state index contributed by atoms with van der Waals surface area (Å²) in [4.78, 5) is 6.82. The lowest BCUT2D eigenvalue weighted by Crippen LogP contribution is -2.49. The molecular weight excluding hydrogens is 230 g/mol. The summed E-state index contributed by atoms with van der Waals surface area (Å²) in [6.07, 6.45) is 3.49. The van der Waals surface area contributed by atoms with Crippen molar-refractivity contribution >= 4 is 5.95 Å². The van der Waals surface area contributed by atoms with Gasteiger partial charge in [-0.25, -0.2) is 0 Å². The van der Waals surface area contributed by atoms with E-state index < -0.39 is 0 Å². The van der Waals surface area contributed by atoms with Crippen molar-refractivity contribution in [2.45, 2.75) is 38.3 Å². The van der Waals surface area contributed by atoms with Gasteiger partial charge in [0.05, 0.1) is 6.10 Å². The summed E-state index contributed by atoms with van der Waals surface area (Å²) in [6.45, 7) is 6.02. The number of nitrogens with zero attached hydrogens (tertiary/aromatic N) is 3. The van der Waals surface area contributed by atoms with Gasteiger partial charge in [-0.15, -0.1) is 5.10 Å². The van der Waals surface area contributed by atoms with E-state index >= 15 is 0 Å². The molecule has 6 nitrogen and oxygen atoms in total. The van der Waals surface area contributed by atoms with Gasteiger partial charge >= 0.3 is 0 Å². The highest BCUT2D eigenvalue weighted by atomic mass is 16.5. The van der Waals surface area contributed by atoms with Gasteiger partial charge in [0, 0.05) is 38.7 Å². The Kier molecular flexibility index (Phi) is 3.47. The van der Waals surface area contributed by atoms with E-state index in [1.54, 1.807) is 0 Å². The lowest BCUT2D eigenvalue weighted by Gasteiger charge is -2.30. The molecule has 3 rings (SSSR count). The highest BCUT2D eigenvalue weighted by molar-refractivity contribution is 5.30. The average Bonchev–Trinajstić information content (AvgIpc) is 3.01. The van der Waals surface area contributed by atoms with E-state index in [-0.39, 0.29) is 0 Å². The number of hydrogen-bond acceptors (Lipinski definition) is 5. The molecule has 2 aliphatic heterocycles. The zero-order chi connectivity index (χ0) is 12.4. The number of piperazine rings is 1. The molecule has 0 spiro atoms. The molecule has 2 N–H and O–H groups in total. The fraction of sp³-hybridized carbons (Fsp3) is 0.833. The number of ether oxygens (including phenoxy) is 1. The minimum atomic E-state index is 0.327. The zero-order valence-electron chi connectivity index (χ0n) is 10.9. The van der Waals surface area contributed by atoms with Gasteiger partial charge in [-0.1, -0.05) is 0 Å². The van der Waals surface area contributed by atoms with Crippen LogP contribution in [-0.4, -0.2) is 53.6 Å². The van der Waals surface area contributed by atoms with Crippen LogP contribution >= 0.6 is 0 Å². The molecule has 0 amide bonds. The van der Waals surface area contributed by atoms with Gasteiger partial charge in [-0.05, 0) is 19.8 Å². The molecule has 0 aliphatic carbocycles.